The molecule has 2 aliphatic rings. The van der Waals surface area contributed by atoms with Crippen LogP contribution < -0.4 is 9.64 Å². The lowest BCUT2D eigenvalue weighted by Crippen LogP contribution is -2.41. The Morgan fingerprint density at radius 3 is 2.47 bits per heavy atom. The van der Waals surface area contributed by atoms with Crippen molar-refractivity contribution in [2.24, 2.45) is 5.92 Å². The summed E-state index contributed by atoms with van der Waals surface area (Å²) >= 11 is 0. The fraction of sp³-hybridized carbons (Fsp3) is 0.542. The van der Waals surface area contributed by atoms with Gasteiger partial charge in [-0.3, -0.25) is 4.79 Å². The van der Waals surface area contributed by atoms with E-state index in [0.29, 0.717) is 5.91 Å². The van der Waals surface area contributed by atoms with Crippen molar-refractivity contribution in [3.63, 3.8) is 0 Å². The van der Waals surface area contributed by atoms with E-state index >= 15 is 0 Å². The Balaban J connectivity index is 1.54. The lowest BCUT2D eigenvalue weighted by molar-refractivity contribution is -0.137. The number of rotatable bonds is 5. The van der Waals surface area contributed by atoms with Gasteiger partial charge in [0.25, 0.3) is 0 Å². The highest BCUT2D eigenvalue weighted by Gasteiger charge is 2.31. The Bertz CT molecular complexity index is 893. The molecule has 6 heteroatoms. The second-order valence-corrected chi connectivity index (χ2v) is 8.48. The fourth-order valence-corrected chi connectivity index (χ4v) is 4.40. The number of aromatic nitrogens is 2. The van der Waals surface area contributed by atoms with Gasteiger partial charge >= 0.3 is 0 Å². The highest BCUT2D eigenvalue weighted by molar-refractivity contribution is 5.79. The topological polar surface area (TPSA) is 58.6 Å². The molecule has 6 nitrogen and oxygen atoms in total. The van der Waals surface area contributed by atoms with Crippen LogP contribution in [-0.2, 0) is 11.2 Å². The zero-order chi connectivity index (χ0) is 21.1. The number of nitrogens with zero attached hydrogens (tertiary/aromatic N) is 4. The van der Waals surface area contributed by atoms with Crippen molar-refractivity contribution >= 4 is 11.7 Å². The molecule has 4 rings (SSSR count). The molecular formula is C24H32N4O2. The summed E-state index contributed by atoms with van der Waals surface area (Å²) in [6.07, 6.45) is 5.09. The van der Waals surface area contributed by atoms with E-state index in [1.54, 1.807) is 7.11 Å². The first kappa shape index (κ1) is 20.6. The van der Waals surface area contributed by atoms with Gasteiger partial charge in [-0.1, -0.05) is 18.6 Å². The highest BCUT2D eigenvalue weighted by Crippen LogP contribution is 2.30. The molecule has 2 fully saturated rings. The minimum Gasteiger partial charge on any atom is -0.497 e. The Labute approximate surface area is 179 Å². The number of methoxy groups -OCH3 is 1. The van der Waals surface area contributed by atoms with E-state index < -0.39 is 0 Å². The fourth-order valence-electron chi connectivity index (χ4n) is 4.40. The van der Waals surface area contributed by atoms with Gasteiger partial charge < -0.3 is 14.5 Å². The van der Waals surface area contributed by atoms with Crippen LogP contribution in [0.15, 0.2) is 24.3 Å². The third-order valence-corrected chi connectivity index (χ3v) is 6.41. The van der Waals surface area contributed by atoms with Crippen molar-refractivity contribution in [3.8, 4) is 5.75 Å². The zero-order valence-electron chi connectivity index (χ0n) is 18.4. The second kappa shape index (κ2) is 9.02. The van der Waals surface area contributed by atoms with Gasteiger partial charge in [0, 0.05) is 49.8 Å². The molecule has 2 aromatic rings. The van der Waals surface area contributed by atoms with Gasteiger partial charge in [-0.15, -0.1) is 0 Å². The molecule has 1 saturated carbocycles. The van der Waals surface area contributed by atoms with Crippen LogP contribution in [0.4, 0.5) is 5.82 Å². The molecule has 1 aromatic carbocycles. The van der Waals surface area contributed by atoms with Crippen molar-refractivity contribution in [2.45, 2.75) is 46.0 Å². The summed E-state index contributed by atoms with van der Waals surface area (Å²) in [5.41, 5.74) is 3.41. The molecule has 1 amide bonds. The van der Waals surface area contributed by atoms with Crippen LogP contribution in [0.2, 0.25) is 0 Å². The third-order valence-electron chi connectivity index (χ3n) is 6.41. The quantitative estimate of drug-likeness (QED) is 0.757. The summed E-state index contributed by atoms with van der Waals surface area (Å²) in [5.74, 6) is 3.31. The largest absolute Gasteiger partial charge is 0.497 e. The first-order valence-electron chi connectivity index (χ1n) is 11.1. The summed E-state index contributed by atoms with van der Waals surface area (Å²) in [6.45, 7) is 7.39. The molecular weight excluding hydrogens is 376 g/mol. The molecule has 2 heterocycles. The first-order valence-corrected chi connectivity index (χ1v) is 11.1. The van der Waals surface area contributed by atoms with Gasteiger partial charge in [0.2, 0.25) is 5.91 Å². The standard InChI is InChI=1S/C24H32N4O2/c1-17-22(16-19-8-10-21(30-3)11-9-19)23(26-18(2)25-17)27-12-5-13-28(15-14-27)24(29)20-6-4-7-20/h8-11,20H,4-7,12-16H2,1-3H3. The minimum absolute atomic E-state index is 0.269. The average Bonchev–Trinajstić information content (AvgIpc) is 2.95. The Morgan fingerprint density at radius 2 is 1.80 bits per heavy atom. The van der Waals surface area contributed by atoms with Crippen LogP contribution in [0.3, 0.4) is 0 Å². The Hall–Kier alpha value is -2.63. The van der Waals surface area contributed by atoms with Crippen molar-refractivity contribution in [3.05, 3.63) is 46.9 Å². The molecule has 0 radical (unpaired) electrons. The summed E-state index contributed by atoms with van der Waals surface area (Å²) in [4.78, 5) is 26.6. The molecule has 0 bridgehead atoms. The van der Waals surface area contributed by atoms with Gasteiger partial charge in [0.1, 0.15) is 17.4 Å². The van der Waals surface area contributed by atoms with Crippen LogP contribution >= 0.6 is 0 Å². The molecule has 1 aromatic heterocycles. The van der Waals surface area contributed by atoms with Gasteiger partial charge in [-0.05, 0) is 50.8 Å². The molecule has 0 unspecified atom stereocenters. The van der Waals surface area contributed by atoms with Gasteiger partial charge in [0.15, 0.2) is 0 Å². The zero-order valence-corrected chi connectivity index (χ0v) is 18.4. The predicted octanol–water partition coefficient (Wildman–Crippen LogP) is 3.53. The van der Waals surface area contributed by atoms with Crippen molar-refractivity contribution in [1.29, 1.82) is 0 Å². The SMILES string of the molecule is COc1ccc(Cc2c(C)nc(C)nc2N2CCCN(C(=O)C3CCC3)CC2)cc1. The van der Waals surface area contributed by atoms with Gasteiger partial charge in [-0.2, -0.15) is 0 Å². The van der Waals surface area contributed by atoms with Crippen LogP contribution in [0, 0.1) is 19.8 Å². The second-order valence-electron chi connectivity index (χ2n) is 8.48. The minimum atomic E-state index is 0.269. The highest BCUT2D eigenvalue weighted by atomic mass is 16.5. The summed E-state index contributed by atoms with van der Waals surface area (Å²) < 4.78 is 5.28. The Morgan fingerprint density at radius 1 is 1.03 bits per heavy atom. The van der Waals surface area contributed by atoms with Crippen molar-refractivity contribution in [1.82, 2.24) is 14.9 Å². The molecule has 0 spiro atoms. The number of carbonyl (C=O) groups is 1. The van der Waals surface area contributed by atoms with E-state index in [0.717, 1.165) is 74.9 Å². The summed E-state index contributed by atoms with van der Waals surface area (Å²) in [7, 11) is 1.68. The van der Waals surface area contributed by atoms with E-state index in [1.165, 1.54) is 17.5 Å². The lowest BCUT2D eigenvalue weighted by atomic mass is 9.84. The number of aryl methyl sites for hydroxylation is 2. The van der Waals surface area contributed by atoms with Crippen LogP contribution in [0.1, 0.15) is 48.3 Å². The number of ether oxygens (including phenoxy) is 1. The molecule has 0 N–H and O–H groups in total. The number of amides is 1. The molecule has 1 aliphatic heterocycles. The molecule has 30 heavy (non-hydrogen) atoms. The molecule has 1 aliphatic carbocycles. The van der Waals surface area contributed by atoms with Crippen LogP contribution in [0.25, 0.3) is 0 Å². The summed E-state index contributed by atoms with van der Waals surface area (Å²) in [5, 5.41) is 0. The molecule has 160 valence electrons. The van der Waals surface area contributed by atoms with Crippen molar-refractivity contribution in [2.75, 3.05) is 38.2 Å². The van der Waals surface area contributed by atoms with E-state index in [2.05, 4.69) is 33.8 Å². The van der Waals surface area contributed by atoms with E-state index in [-0.39, 0.29) is 5.92 Å². The smallest absolute Gasteiger partial charge is 0.225 e. The van der Waals surface area contributed by atoms with Gasteiger partial charge in [0.05, 0.1) is 7.11 Å². The van der Waals surface area contributed by atoms with Gasteiger partial charge in [-0.25, -0.2) is 9.97 Å². The maximum Gasteiger partial charge on any atom is 0.225 e. The van der Waals surface area contributed by atoms with E-state index in [4.69, 9.17) is 9.72 Å². The number of anilines is 1. The maximum absolute atomic E-state index is 12.7. The molecule has 1 saturated heterocycles. The van der Waals surface area contributed by atoms with Crippen molar-refractivity contribution < 1.29 is 9.53 Å². The number of carbonyl (C=O) groups excluding carboxylic acids is 1. The number of hydrogen-bond acceptors (Lipinski definition) is 5. The normalized spacial score (nSPS) is 17.4. The summed E-state index contributed by atoms with van der Waals surface area (Å²) in [6, 6.07) is 8.19. The van der Waals surface area contributed by atoms with Crippen LogP contribution in [0.5, 0.6) is 5.75 Å². The lowest BCUT2D eigenvalue weighted by Gasteiger charge is -2.31. The third kappa shape index (κ3) is 4.42. The van der Waals surface area contributed by atoms with E-state index in [9.17, 15) is 4.79 Å². The van der Waals surface area contributed by atoms with E-state index in [1.807, 2.05) is 19.1 Å². The predicted molar refractivity (Wildman–Crippen MR) is 118 cm³/mol. The molecule has 0 atom stereocenters. The monoisotopic (exact) mass is 408 g/mol. The average molecular weight is 409 g/mol. The Kier molecular flexibility index (Phi) is 6.21. The number of benzene rings is 1. The van der Waals surface area contributed by atoms with Crippen LogP contribution in [-0.4, -0.2) is 54.1 Å². The maximum atomic E-state index is 12.7. The first-order chi connectivity index (χ1) is 14.5. The number of hydrogen-bond donors (Lipinski definition) is 0.